The largest absolute Gasteiger partial charge is 0.512 e. The summed E-state index contributed by atoms with van der Waals surface area (Å²) in [7, 11) is 0. The summed E-state index contributed by atoms with van der Waals surface area (Å²) in [6.07, 6.45) is 6.06. The standard InChI is InChI=1S/C33H32F3N2.C13H24O2.Ir/c1-20(2)26-16-24(15-22-9-7-8-10-25(22)26)30-29-23(13-14-37-30)17-27(32(29,5)6)28-12-11-21(19-38-28)18-31(3,4)33(34,35)36;1-5-10(6-2)12(14)9-13(15)11(7-3)8-4;/h7-14,16-17,19-20H,18H2,1-6H3;9-11,14H,5-8H2,1-4H3;/q-1;;/b;12-9-;. The molecule has 0 saturated carbocycles. The van der Waals surface area contributed by atoms with Gasteiger partial charge >= 0.3 is 6.18 Å². The number of benzene rings is 2. The molecule has 5 rings (SSSR count). The molecule has 1 N–H and O–H groups in total. The van der Waals surface area contributed by atoms with Gasteiger partial charge in [-0.1, -0.05) is 104 Å². The number of carbonyl (C=O) groups is 1. The number of rotatable bonds is 12. The van der Waals surface area contributed by atoms with E-state index in [1.807, 2.05) is 52.1 Å². The van der Waals surface area contributed by atoms with Crippen LogP contribution in [0.1, 0.15) is 129 Å². The fourth-order valence-corrected chi connectivity index (χ4v) is 7.26. The van der Waals surface area contributed by atoms with E-state index in [9.17, 15) is 23.1 Å². The number of aliphatic hydroxyl groups is 1. The molecule has 1 aliphatic carbocycles. The van der Waals surface area contributed by atoms with Crippen LogP contribution in [-0.4, -0.2) is 27.0 Å². The van der Waals surface area contributed by atoms with Gasteiger partial charge < -0.3 is 5.11 Å². The van der Waals surface area contributed by atoms with Crippen LogP contribution < -0.4 is 0 Å². The molecule has 4 aromatic rings. The molecule has 0 spiro atoms. The number of alkyl halides is 3. The van der Waals surface area contributed by atoms with E-state index in [2.05, 4.69) is 69.1 Å². The Bertz CT molecular complexity index is 1950. The maximum absolute atomic E-state index is 13.4. The summed E-state index contributed by atoms with van der Waals surface area (Å²) in [5.41, 5.74) is 5.44. The van der Waals surface area contributed by atoms with Gasteiger partial charge in [-0.3, -0.25) is 14.8 Å². The topological polar surface area (TPSA) is 63.1 Å². The zero-order valence-electron chi connectivity index (χ0n) is 33.4. The molecule has 2 aromatic carbocycles. The number of nitrogens with zero attached hydrogens (tertiary/aromatic N) is 2. The van der Waals surface area contributed by atoms with Gasteiger partial charge in [0.25, 0.3) is 0 Å². The van der Waals surface area contributed by atoms with Gasteiger partial charge in [0.1, 0.15) is 0 Å². The average molecular weight is 918 g/mol. The van der Waals surface area contributed by atoms with E-state index >= 15 is 0 Å². The minimum Gasteiger partial charge on any atom is -0.512 e. The minimum absolute atomic E-state index is 0. The molecule has 1 aliphatic rings. The summed E-state index contributed by atoms with van der Waals surface area (Å²) in [5, 5.41) is 12.0. The van der Waals surface area contributed by atoms with Gasteiger partial charge in [0.2, 0.25) is 0 Å². The number of ketones is 1. The summed E-state index contributed by atoms with van der Waals surface area (Å²) < 4.78 is 40.2. The van der Waals surface area contributed by atoms with Gasteiger partial charge in [-0.05, 0) is 78.5 Å². The molecule has 0 aliphatic heterocycles. The van der Waals surface area contributed by atoms with Crippen molar-refractivity contribution in [3.8, 4) is 11.3 Å². The summed E-state index contributed by atoms with van der Waals surface area (Å²) in [4.78, 5) is 21.2. The second-order valence-corrected chi connectivity index (χ2v) is 15.8. The van der Waals surface area contributed by atoms with Crippen LogP contribution in [0.15, 0.2) is 72.8 Å². The van der Waals surface area contributed by atoms with E-state index in [-0.39, 0.29) is 49.9 Å². The molecule has 2 aromatic heterocycles. The van der Waals surface area contributed by atoms with Crippen LogP contribution in [0, 0.1) is 23.3 Å². The van der Waals surface area contributed by atoms with Gasteiger partial charge in [-0.25, -0.2) is 0 Å². The average Bonchev–Trinajstić information content (AvgIpc) is 3.38. The Morgan fingerprint density at radius 2 is 1.56 bits per heavy atom. The van der Waals surface area contributed by atoms with Gasteiger partial charge in [0, 0.05) is 61.5 Å². The Kier molecular flexibility index (Phi) is 15.2. The van der Waals surface area contributed by atoms with Crippen molar-refractivity contribution in [3.63, 3.8) is 0 Å². The van der Waals surface area contributed by atoms with Crippen molar-refractivity contribution < 1.29 is 43.2 Å². The number of carbonyl (C=O) groups excluding carboxylic acids is 1. The Morgan fingerprint density at radius 3 is 2.11 bits per heavy atom. The molecule has 0 amide bonds. The van der Waals surface area contributed by atoms with Crippen molar-refractivity contribution in [1.29, 1.82) is 0 Å². The van der Waals surface area contributed by atoms with Gasteiger partial charge in [-0.2, -0.15) is 13.2 Å². The maximum Gasteiger partial charge on any atom is 0.394 e. The molecular weight excluding hydrogens is 862 g/mol. The number of halogens is 3. The van der Waals surface area contributed by atoms with Crippen LogP contribution in [0.3, 0.4) is 0 Å². The Morgan fingerprint density at radius 1 is 0.926 bits per heavy atom. The van der Waals surface area contributed by atoms with Crippen molar-refractivity contribution >= 4 is 28.2 Å². The van der Waals surface area contributed by atoms with Crippen LogP contribution in [0.2, 0.25) is 0 Å². The second-order valence-electron chi connectivity index (χ2n) is 15.8. The van der Waals surface area contributed by atoms with Crippen LogP contribution in [0.25, 0.3) is 33.7 Å². The molecule has 0 unspecified atom stereocenters. The third-order valence-electron chi connectivity index (χ3n) is 10.9. The molecule has 0 bridgehead atoms. The number of pyridine rings is 2. The second kappa shape index (κ2) is 18.3. The van der Waals surface area contributed by atoms with Crippen molar-refractivity contribution in [3.05, 3.63) is 107 Å². The first-order valence-corrected chi connectivity index (χ1v) is 19.0. The molecule has 4 nitrogen and oxygen atoms in total. The smallest absolute Gasteiger partial charge is 0.394 e. The molecule has 54 heavy (non-hydrogen) atoms. The summed E-state index contributed by atoms with van der Waals surface area (Å²) in [6, 6.07) is 19.8. The molecule has 0 fully saturated rings. The summed E-state index contributed by atoms with van der Waals surface area (Å²) >= 11 is 0. The first-order valence-electron chi connectivity index (χ1n) is 19.0. The van der Waals surface area contributed by atoms with Crippen molar-refractivity contribution in [2.45, 2.75) is 119 Å². The molecule has 1 radical (unpaired) electrons. The molecule has 0 atom stereocenters. The van der Waals surface area contributed by atoms with Crippen LogP contribution in [0.4, 0.5) is 13.2 Å². The van der Waals surface area contributed by atoms with Crippen LogP contribution in [-0.2, 0) is 36.7 Å². The molecule has 293 valence electrons. The third kappa shape index (κ3) is 9.78. The zero-order chi connectivity index (χ0) is 39.3. The number of aliphatic hydroxyl groups excluding tert-OH is 1. The van der Waals surface area contributed by atoms with Crippen molar-refractivity contribution in [1.82, 2.24) is 9.97 Å². The Hall–Kier alpha value is -3.61. The van der Waals surface area contributed by atoms with E-state index in [1.54, 1.807) is 12.3 Å². The molecule has 0 saturated heterocycles. The fourth-order valence-electron chi connectivity index (χ4n) is 7.26. The van der Waals surface area contributed by atoms with Crippen LogP contribution >= 0.6 is 0 Å². The Balaban J connectivity index is 0.000000418. The molecular formula is C46H56F3IrN2O2-. The van der Waals surface area contributed by atoms with E-state index in [4.69, 9.17) is 4.98 Å². The van der Waals surface area contributed by atoms with Gasteiger partial charge in [0.05, 0.1) is 16.9 Å². The Labute approximate surface area is 334 Å². The van der Waals surface area contributed by atoms with E-state index < -0.39 is 17.0 Å². The molecule has 8 heteroatoms. The summed E-state index contributed by atoms with van der Waals surface area (Å²) in [5.74, 6) is 0.892. The quantitative estimate of drug-likeness (QED) is 0.0874. The van der Waals surface area contributed by atoms with Crippen molar-refractivity contribution in [2.24, 2.45) is 17.3 Å². The number of hydrogen-bond acceptors (Lipinski definition) is 4. The minimum atomic E-state index is -4.28. The monoisotopic (exact) mass is 918 g/mol. The maximum atomic E-state index is 13.4. The first kappa shape index (κ1) is 44.8. The van der Waals surface area contributed by atoms with E-state index in [1.165, 1.54) is 30.9 Å². The first-order chi connectivity index (χ1) is 24.9. The predicted molar refractivity (Wildman–Crippen MR) is 213 cm³/mol. The third-order valence-corrected chi connectivity index (χ3v) is 10.9. The normalized spacial score (nSPS) is 14.1. The predicted octanol–water partition coefficient (Wildman–Crippen LogP) is 13.1. The zero-order valence-corrected chi connectivity index (χ0v) is 35.8. The van der Waals surface area contributed by atoms with Gasteiger partial charge in [0.15, 0.2) is 5.78 Å². The number of allylic oxidation sites excluding steroid dienone is 3. The molecule has 2 heterocycles. The van der Waals surface area contributed by atoms with Gasteiger partial charge in [-0.15, -0.1) is 29.1 Å². The number of hydrogen-bond donors (Lipinski definition) is 1. The van der Waals surface area contributed by atoms with Crippen LogP contribution in [0.5, 0.6) is 0 Å². The SMILES string of the molecule is CC(C)c1cc(-c2nccc3c2C(C)(C)C(c2ccc(CC(C)(C)C(F)(F)F)cn2)=C3)[c-]c2ccccc12.CCC(CC)C(=O)/C=C(\O)C(CC)CC.[Ir]. The van der Waals surface area contributed by atoms with E-state index in [0.29, 0.717) is 11.5 Å². The van der Waals surface area contributed by atoms with Crippen molar-refractivity contribution in [2.75, 3.05) is 0 Å². The number of fused-ring (bicyclic) bond motifs is 2. The fraction of sp³-hybridized carbons (Fsp3) is 0.457. The number of aromatic nitrogens is 2. The summed E-state index contributed by atoms with van der Waals surface area (Å²) in [6.45, 7) is 19.2. The van der Waals surface area contributed by atoms with E-state index in [0.717, 1.165) is 64.7 Å².